The number of thioether (sulfide) groups is 1. The molecule has 178 valence electrons. The van der Waals surface area contributed by atoms with Gasteiger partial charge in [0, 0.05) is 0 Å². The highest BCUT2D eigenvalue weighted by atomic mass is 32.2. The molecule has 3 aromatic heterocycles. The Balaban J connectivity index is 0.000000196. The number of amides is 2. The molecule has 3 aromatic rings. The van der Waals surface area contributed by atoms with Crippen LogP contribution in [0, 0.1) is 13.1 Å². The third-order valence-electron chi connectivity index (χ3n) is 5.04. The van der Waals surface area contributed by atoms with Crippen LogP contribution in [0.1, 0.15) is 41.1 Å². The molecule has 2 amide bonds. The first-order valence-corrected chi connectivity index (χ1v) is 11.3. The van der Waals surface area contributed by atoms with Crippen LogP contribution >= 0.6 is 11.8 Å². The number of carbonyl (C=O) groups is 2. The lowest BCUT2D eigenvalue weighted by molar-refractivity contribution is -0.120. The van der Waals surface area contributed by atoms with E-state index in [1.165, 1.54) is 11.8 Å². The number of H-pyrrole nitrogens is 1. The maximum Gasteiger partial charge on any atom is 0.343 e. The average Bonchev–Trinajstić information content (AvgIpc) is 2.82. The molecule has 0 radical (unpaired) electrons. The Kier molecular flexibility index (Phi) is 7.32. The number of nitrogens with zero attached hydrogens (tertiary/aromatic N) is 3. The summed E-state index contributed by atoms with van der Waals surface area (Å²) in [5.41, 5.74) is -1.40. The Morgan fingerprint density at radius 2 is 1.57 bits per heavy atom. The first-order valence-electron chi connectivity index (χ1n) is 10.1. The van der Waals surface area contributed by atoms with Gasteiger partial charge in [0.15, 0.2) is 5.16 Å². The number of hydrogen-bond donors (Lipinski definition) is 2. The van der Waals surface area contributed by atoms with Gasteiger partial charge in [0.2, 0.25) is 11.6 Å². The minimum atomic E-state index is -0.793. The molecule has 0 saturated carbocycles. The van der Waals surface area contributed by atoms with Crippen LogP contribution in [0.15, 0.2) is 28.4 Å². The number of imide groups is 1. The molecule has 0 bridgehead atoms. The first kappa shape index (κ1) is 25.1. The van der Waals surface area contributed by atoms with E-state index in [-0.39, 0.29) is 40.2 Å². The molecule has 0 spiro atoms. The van der Waals surface area contributed by atoms with Gasteiger partial charge in [0.05, 0.1) is 30.5 Å². The quantitative estimate of drug-likeness (QED) is 0.240. The molecule has 0 fully saturated rings. The van der Waals surface area contributed by atoms with Gasteiger partial charge >= 0.3 is 11.3 Å². The normalized spacial score (nSPS) is 12.1. The van der Waals surface area contributed by atoms with E-state index in [4.69, 9.17) is 22.0 Å². The summed E-state index contributed by atoms with van der Waals surface area (Å²) >= 11 is 1.24. The zero-order valence-electron chi connectivity index (χ0n) is 18.7. The Hall–Kier alpha value is -4.49. The van der Waals surface area contributed by atoms with Gasteiger partial charge in [-0.05, 0) is 30.2 Å². The molecule has 4 heterocycles. The SMILES string of the molecule is [C-]#[N+]c1c(CC)c2c(=O)[nH]c(SC)nc2oc1=O.[C-]#[N+]c1c(CC)c2c(oc1=O)CC(=O)NC2=O. The number of aromatic nitrogens is 2. The predicted octanol–water partition coefficient (Wildman–Crippen LogP) is 2.28. The monoisotopic (exact) mass is 495 g/mol. The molecule has 13 heteroatoms. The minimum absolute atomic E-state index is 0.0163. The van der Waals surface area contributed by atoms with Crippen molar-refractivity contribution < 1.29 is 18.4 Å². The van der Waals surface area contributed by atoms with Crippen molar-refractivity contribution in [3.8, 4) is 0 Å². The van der Waals surface area contributed by atoms with Crippen molar-refractivity contribution in [1.29, 1.82) is 0 Å². The number of aromatic amines is 1. The van der Waals surface area contributed by atoms with Crippen LogP contribution in [0.2, 0.25) is 0 Å². The van der Waals surface area contributed by atoms with E-state index in [2.05, 4.69) is 25.0 Å². The molecule has 0 unspecified atom stereocenters. The Labute approximate surface area is 201 Å². The second kappa shape index (κ2) is 10.2. The van der Waals surface area contributed by atoms with E-state index in [1.807, 2.05) is 0 Å². The van der Waals surface area contributed by atoms with Crippen molar-refractivity contribution in [3.05, 3.63) is 76.5 Å². The van der Waals surface area contributed by atoms with Crippen molar-refractivity contribution in [2.24, 2.45) is 0 Å². The lowest BCUT2D eigenvalue weighted by Crippen LogP contribution is -2.38. The second-order valence-corrected chi connectivity index (χ2v) is 7.77. The fraction of sp³-hybridized carbons (Fsp3) is 0.273. The van der Waals surface area contributed by atoms with Crippen molar-refractivity contribution in [2.45, 2.75) is 38.3 Å². The molecule has 2 N–H and O–H groups in total. The first-order chi connectivity index (χ1) is 16.7. The third-order valence-corrected chi connectivity index (χ3v) is 5.62. The molecular weight excluding hydrogens is 478 g/mol. The van der Waals surface area contributed by atoms with E-state index in [0.29, 0.717) is 29.1 Å². The van der Waals surface area contributed by atoms with Gasteiger partial charge in [-0.15, -0.1) is 0 Å². The maximum atomic E-state index is 11.9. The molecule has 0 aromatic carbocycles. The smallest absolute Gasteiger partial charge is 0.343 e. The van der Waals surface area contributed by atoms with Crippen LogP contribution in [-0.2, 0) is 24.1 Å². The zero-order valence-corrected chi connectivity index (χ0v) is 19.5. The van der Waals surface area contributed by atoms with Crippen molar-refractivity contribution in [3.63, 3.8) is 0 Å². The number of aryl methyl sites for hydroxylation is 1. The Bertz CT molecular complexity index is 1640. The van der Waals surface area contributed by atoms with Gasteiger partial charge in [-0.2, -0.15) is 4.98 Å². The molecule has 4 rings (SSSR count). The minimum Gasteiger partial charge on any atom is -0.435 e. The summed E-state index contributed by atoms with van der Waals surface area (Å²) < 4.78 is 9.79. The van der Waals surface area contributed by atoms with Crippen LogP contribution in [0.4, 0.5) is 11.4 Å². The molecule has 1 aliphatic heterocycles. The Morgan fingerprint density at radius 3 is 2.14 bits per heavy atom. The highest BCUT2D eigenvalue weighted by Gasteiger charge is 2.30. The summed E-state index contributed by atoms with van der Waals surface area (Å²) in [4.78, 5) is 70.7. The predicted molar refractivity (Wildman–Crippen MR) is 125 cm³/mol. The van der Waals surface area contributed by atoms with Crippen molar-refractivity contribution >= 4 is 46.1 Å². The number of nitrogens with one attached hydrogen (secondary N) is 2. The fourth-order valence-corrected chi connectivity index (χ4v) is 3.92. The molecule has 0 atom stereocenters. The second-order valence-electron chi connectivity index (χ2n) is 6.97. The van der Waals surface area contributed by atoms with Crippen LogP contribution in [0.25, 0.3) is 20.8 Å². The summed E-state index contributed by atoms with van der Waals surface area (Å²) in [5.74, 6) is -1.07. The topological polar surface area (TPSA) is 161 Å². The van der Waals surface area contributed by atoms with Crippen LogP contribution < -0.4 is 22.1 Å². The lowest BCUT2D eigenvalue weighted by Gasteiger charge is -2.17. The highest BCUT2D eigenvalue weighted by Crippen LogP contribution is 2.25. The van der Waals surface area contributed by atoms with Gasteiger partial charge in [-0.1, -0.05) is 25.6 Å². The van der Waals surface area contributed by atoms with E-state index < -0.39 is 28.6 Å². The van der Waals surface area contributed by atoms with Gasteiger partial charge in [-0.25, -0.2) is 9.69 Å². The molecular formula is C22H17N5O7S. The van der Waals surface area contributed by atoms with E-state index >= 15 is 0 Å². The maximum absolute atomic E-state index is 11.9. The number of rotatable bonds is 3. The molecule has 0 saturated heterocycles. The van der Waals surface area contributed by atoms with Gasteiger partial charge < -0.3 is 13.8 Å². The number of carbonyl (C=O) groups excluding carboxylic acids is 2. The van der Waals surface area contributed by atoms with Crippen molar-refractivity contribution in [2.75, 3.05) is 6.26 Å². The zero-order chi connectivity index (χ0) is 25.9. The Morgan fingerprint density at radius 1 is 0.971 bits per heavy atom. The van der Waals surface area contributed by atoms with Crippen LogP contribution in [0.3, 0.4) is 0 Å². The number of fused-ring (bicyclic) bond motifs is 2. The van der Waals surface area contributed by atoms with Gasteiger partial charge in [0.25, 0.3) is 22.8 Å². The summed E-state index contributed by atoms with van der Waals surface area (Å²) in [6.07, 6.45) is 2.34. The van der Waals surface area contributed by atoms with Crippen molar-refractivity contribution in [1.82, 2.24) is 15.3 Å². The van der Waals surface area contributed by atoms with Gasteiger partial charge in [0.1, 0.15) is 5.76 Å². The molecule has 35 heavy (non-hydrogen) atoms. The number of hydrogen-bond acceptors (Lipinski definition) is 9. The average molecular weight is 495 g/mol. The lowest BCUT2D eigenvalue weighted by atomic mass is 9.99. The molecule has 12 nitrogen and oxygen atoms in total. The molecule has 1 aliphatic rings. The standard InChI is InChI=1S/C11H9N3O3S.C11H8N2O4/c1-4-5-6-8(15)13-11(18-3)14-9(6)17-10(16)7(5)12-2;1-3-5-8-6(4-7(14)13-10(8)15)17-11(16)9(5)12-2/h4H2,1,3H3,(H,13,14,15);3-4H2,1H3,(H,13,14,15). The van der Waals surface area contributed by atoms with Gasteiger partial charge in [-0.3, -0.25) is 29.3 Å². The summed E-state index contributed by atoms with van der Waals surface area (Å²) in [5, 5.41) is 2.69. The van der Waals surface area contributed by atoms with E-state index in [0.717, 1.165) is 0 Å². The van der Waals surface area contributed by atoms with Crippen LogP contribution in [0.5, 0.6) is 0 Å². The fourth-order valence-electron chi connectivity index (χ4n) is 3.55. The molecule has 0 aliphatic carbocycles. The largest absolute Gasteiger partial charge is 0.435 e. The third kappa shape index (κ3) is 4.62. The summed E-state index contributed by atoms with van der Waals surface area (Å²) in [7, 11) is 0. The highest BCUT2D eigenvalue weighted by molar-refractivity contribution is 7.98. The van der Waals surface area contributed by atoms with E-state index in [1.54, 1.807) is 20.1 Å². The summed E-state index contributed by atoms with van der Waals surface area (Å²) in [6, 6.07) is 0. The summed E-state index contributed by atoms with van der Waals surface area (Å²) in [6.45, 7) is 17.4. The van der Waals surface area contributed by atoms with Crippen LogP contribution in [-0.4, -0.2) is 28.0 Å². The van der Waals surface area contributed by atoms with E-state index in [9.17, 15) is 24.0 Å².